The summed E-state index contributed by atoms with van der Waals surface area (Å²) < 4.78 is 35.7. The average molecular weight is 468 g/mol. The van der Waals surface area contributed by atoms with Gasteiger partial charge in [0.25, 0.3) is 0 Å². The molecule has 1 aliphatic heterocycles. The predicted molar refractivity (Wildman–Crippen MR) is 124 cm³/mol. The van der Waals surface area contributed by atoms with Crippen LogP contribution in [0.15, 0.2) is 34.5 Å². The van der Waals surface area contributed by atoms with Crippen LogP contribution in [0.25, 0.3) is 0 Å². The number of allylic oxidation sites excluding steroid dienone is 5. The summed E-state index contributed by atoms with van der Waals surface area (Å²) >= 11 is 0. The smallest absolute Gasteiger partial charge is 0.151 e. The van der Waals surface area contributed by atoms with Gasteiger partial charge in [-0.05, 0) is 93.6 Å². The predicted octanol–water partition coefficient (Wildman–Crippen LogP) is 4.36. The van der Waals surface area contributed by atoms with Crippen molar-refractivity contribution in [3.8, 4) is 0 Å². The molecule has 3 aliphatic carbocycles. The number of aliphatic hydroxyl groups is 2. The fourth-order valence-corrected chi connectivity index (χ4v) is 7.95. The molecule has 2 N–H and O–H groups in total. The third kappa shape index (κ3) is 5.21. The van der Waals surface area contributed by atoms with E-state index in [2.05, 4.69) is 22.5 Å². The molecule has 4 aliphatic rings. The Balaban J connectivity index is 1.45. The van der Waals surface area contributed by atoms with Gasteiger partial charge in [0.2, 0.25) is 0 Å². The van der Waals surface area contributed by atoms with Crippen LogP contribution in [0.5, 0.6) is 0 Å². The number of nitrogens with zero attached hydrogens (tertiary/aromatic N) is 1. The van der Waals surface area contributed by atoms with Gasteiger partial charge in [-0.15, -0.1) is 0 Å². The van der Waals surface area contributed by atoms with E-state index < -0.39 is 23.4 Å². The number of aliphatic hydroxyl groups excluding tert-OH is 1. The second-order valence-electron chi connectivity index (χ2n) is 10.1. The van der Waals surface area contributed by atoms with Crippen LogP contribution in [-0.2, 0) is 15.7 Å². The maximum atomic E-state index is 14.3. The molecule has 1 heterocycles. The van der Waals surface area contributed by atoms with Crippen LogP contribution in [0.3, 0.4) is 0 Å². The molecule has 0 saturated carbocycles. The molecule has 0 radical (unpaired) electrons. The zero-order chi connectivity index (χ0) is 22.8. The molecule has 0 amide bonds. The average Bonchev–Trinajstić information content (AvgIpc) is 3.16. The molecule has 0 spiro atoms. The highest BCUT2D eigenvalue weighted by molar-refractivity contribution is 7.86. The summed E-state index contributed by atoms with van der Waals surface area (Å²) in [5.41, 5.74) is 0.860. The second-order valence-corrected chi connectivity index (χ2v) is 11.6. The summed E-state index contributed by atoms with van der Waals surface area (Å²) in [6.07, 6.45) is 11.1. The van der Waals surface area contributed by atoms with E-state index in [1.54, 1.807) is 7.11 Å². The van der Waals surface area contributed by atoms with E-state index in [-0.39, 0.29) is 12.0 Å². The van der Waals surface area contributed by atoms with E-state index in [4.69, 9.17) is 4.74 Å². The lowest BCUT2D eigenvalue weighted by molar-refractivity contribution is -0.0496. The van der Waals surface area contributed by atoms with E-state index in [0.717, 1.165) is 54.8 Å². The molecule has 1 fully saturated rings. The highest BCUT2D eigenvalue weighted by Gasteiger charge is 2.46. The van der Waals surface area contributed by atoms with Gasteiger partial charge in [0.1, 0.15) is 17.2 Å². The van der Waals surface area contributed by atoms with Crippen LogP contribution in [-0.4, -0.2) is 50.9 Å². The van der Waals surface area contributed by atoms with Gasteiger partial charge in [-0.3, -0.25) is 0 Å². The molecule has 180 valence electrons. The Bertz CT molecular complexity index is 795. The number of halogens is 1. The quantitative estimate of drug-likeness (QED) is 0.431. The molecular weight excluding hydrogens is 429 g/mol. The number of alkyl halides is 1. The van der Waals surface area contributed by atoms with Crippen molar-refractivity contribution >= 4 is 11.0 Å². The highest BCUT2D eigenvalue weighted by Crippen LogP contribution is 2.45. The Morgan fingerprint density at radius 2 is 2.03 bits per heavy atom. The Kier molecular flexibility index (Phi) is 7.91. The first-order valence-corrected chi connectivity index (χ1v) is 13.3. The molecule has 0 aromatic heterocycles. The van der Waals surface area contributed by atoms with Crippen LogP contribution >= 0.6 is 0 Å². The Labute approximate surface area is 194 Å². The number of methoxy groups -OCH3 is 1. The van der Waals surface area contributed by atoms with Crippen molar-refractivity contribution in [2.24, 2.45) is 23.7 Å². The molecular formula is C25H38FNO4S. The normalized spacial score (nSPS) is 36.9. The van der Waals surface area contributed by atoms with Crippen molar-refractivity contribution in [2.75, 3.05) is 13.7 Å². The Hall–Kier alpha value is -1.02. The van der Waals surface area contributed by atoms with Crippen molar-refractivity contribution in [1.29, 1.82) is 0 Å². The molecule has 0 bridgehead atoms. The Morgan fingerprint density at radius 1 is 1.22 bits per heavy atom. The number of hydrogen-bond donors (Lipinski definition) is 2. The van der Waals surface area contributed by atoms with Crippen molar-refractivity contribution in [2.45, 2.75) is 83.2 Å². The molecule has 7 atom stereocenters. The maximum absolute atomic E-state index is 14.3. The molecule has 5 nitrogen and oxygen atoms in total. The summed E-state index contributed by atoms with van der Waals surface area (Å²) in [5.74, 6) is 2.29. The molecule has 32 heavy (non-hydrogen) atoms. The van der Waals surface area contributed by atoms with Crippen LogP contribution in [0, 0.1) is 23.7 Å². The first kappa shape index (κ1) is 24.1. The van der Waals surface area contributed by atoms with Crippen molar-refractivity contribution in [3.05, 3.63) is 34.5 Å². The Morgan fingerprint density at radius 3 is 2.75 bits per heavy atom. The second kappa shape index (κ2) is 10.5. The van der Waals surface area contributed by atoms with Crippen LogP contribution < -0.4 is 0 Å². The fourth-order valence-electron chi connectivity index (χ4n) is 6.21. The van der Waals surface area contributed by atoms with E-state index in [1.807, 2.05) is 6.92 Å². The standard InChI is InChI=1S/C25H38FNO4S/c1-16-6-7-18(13-23(16)26)17-4-3-5-21(12-17)32(30)27-15-19(8-11-25(28)29)22-14-20(31-2)9-10-24(22)27/h5-6,9,17-19,22-25,28-29H,3-4,7-8,10-15H2,1-2H3. The van der Waals surface area contributed by atoms with Crippen molar-refractivity contribution in [1.82, 2.24) is 4.31 Å². The molecule has 4 rings (SSSR count). The van der Waals surface area contributed by atoms with Gasteiger partial charge < -0.3 is 14.9 Å². The number of rotatable bonds is 7. The minimum atomic E-state index is -1.30. The number of hydrogen-bond acceptors (Lipinski definition) is 4. The summed E-state index contributed by atoms with van der Waals surface area (Å²) in [4.78, 5) is 1.01. The largest absolute Gasteiger partial charge is 0.501 e. The van der Waals surface area contributed by atoms with Gasteiger partial charge in [-0.1, -0.05) is 12.2 Å². The minimum absolute atomic E-state index is 0.187. The lowest BCUT2D eigenvalue weighted by Gasteiger charge is -2.35. The monoisotopic (exact) mass is 467 g/mol. The van der Waals surface area contributed by atoms with Crippen molar-refractivity contribution in [3.63, 3.8) is 0 Å². The van der Waals surface area contributed by atoms with Crippen LogP contribution in [0.4, 0.5) is 4.39 Å². The zero-order valence-corrected chi connectivity index (χ0v) is 20.1. The minimum Gasteiger partial charge on any atom is -0.501 e. The van der Waals surface area contributed by atoms with Gasteiger partial charge >= 0.3 is 0 Å². The first-order chi connectivity index (χ1) is 15.4. The first-order valence-electron chi connectivity index (χ1n) is 12.1. The lowest BCUT2D eigenvalue weighted by Crippen LogP contribution is -2.37. The van der Waals surface area contributed by atoms with E-state index in [9.17, 15) is 18.8 Å². The van der Waals surface area contributed by atoms with Crippen molar-refractivity contribution < 1.29 is 23.5 Å². The molecule has 7 unspecified atom stereocenters. The zero-order valence-electron chi connectivity index (χ0n) is 19.3. The van der Waals surface area contributed by atoms with Gasteiger partial charge in [0, 0.05) is 23.9 Å². The third-order valence-electron chi connectivity index (χ3n) is 8.19. The molecule has 1 saturated heterocycles. The van der Waals surface area contributed by atoms with Gasteiger partial charge in [-0.25, -0.2) is 12.9 Å². The SMILES string of the molecule is COC1=CCC2C(C1)C(CCC(O)O)CN2S(=O)C1=CCCC(C2CC=C(C)C(F)C2)C1. The fraction of sp³-hybridized carbons (Fsp3) is 0.760. The van der Waals surface area contributed by atoms with Crippen LogP contribution in [0.2, 0.25) is 0 Å². The lowest BCUT2D eigenvalue weighted by atomic mass is 9.75. The third-order valence-corrected chi connectivity index (χ3v) is 9.82. The topological polar surface area (TPSA) is 70.0 Å². The number of fused-ring (bicyclic) bond motifs is 1. The molecule has 7 heteroatoms. The van der Waals surface area contributed by atoms with E-state index in [1.165, 1.54) is 0 Å². The van der Waals surface area contributed by atoms with Crippen LogP contribution in [0.1, 0.15) is 64.7 Å². The highest BCUT2D eigenvalue weighted by atomic mass is 32.2. The molecule has 0 aromatic rings. The summed E-state index contributed by atoms with van der Waals surface area (Å²) in [7, 11) is 0.496. The van der Waals surface area contributed by atoms with E-state index >= 15 is 0 Å². The maximum Gasteiger partial charge on any atom is 0.151 e. The van der Waals surface area contributed by atoms with Gasteiger partial charge in [0.15, 0.2) is 6.29 Å². The molecule has 0 aromatic carbocycles. The van der Waals surface area contributed by atoms with Gasteiger partial charge in [0.05, 0.1) is 12.9 Å². The van der Waals surface area contributed by atoms with Gasteiger partial charge in [-0.2, -0.15) is 0 Å². The number of ether oxygens (including phenoxy) is 1. The summed E-state index contributed by atoms with van der Waals surface area (Å²) in [6.45, 7) is 2.59. The van der Waals surface area contributed by atoms with E-state index in [0.29, 0.717) is 43.6 Å². The summed E-state index contributed by atoms with van der Waals surface area (Å²) in [6, 6.07) is 0.187. The summed E-state index contributed by atoms with van der Waals surface area (Å²) in [5, 5.41) is 18.8.